The van der Waals surface area contributed by atoms with E-state index >= 15 is 0 Å². The Bertz CT molecular complexity index is 776. The monoisotopic (exact) mass is 342 g/mol. The zero-order valence-electron chi connectivity index (χ0n) is 13.6. The Hall–Kier alpha value is -2.70. The van der Waals surface area contributed by atoms with Crippen LogP contribution in [0.5, 0.6) is 5.75 Å². The summed E-state index contributed by atoms with van der Waals surface area (Å²) >= 11 is 0. The molecule has 1 aromatic heterocycles. The highest BCUT2D eigenvalue weighted by Gasteiger charge is 2.07. The number of nitrogens with zero attached hydrogens (tertiary/aromatic N) is 2. The van der Waals surface area contributed by atoms with Crippen LogP contribution in [0.1, 0.15) is 5.56 Å². The van der Waals surface area contributed by atoms with Crippen LogP contribution in [-0.4, -0.2) is 34.0 Å². The lowest BCUT2D eigenvalue weighted by Gasteiger charge is -2.13. The van der Waals surface area contributed by atoms with Gasteiger partial charge in [-0.05, 0) is 30.3 Å². The molecule has 5 nitrogen and oxygen atoms in total. The molecular formula is C19H19FN2O3. The number of ether oxygens (including phenoxy) is 2. The summed E-state index contributed by atoms with van der Waals surface area (Å²) in [5.74, 6) is 0.336. The zero-order chi connectivity index (χ0) is 17.5. The Balaban J connectivity index is 1.41. The van der Waals surface area contributed by atoms with Crippen molar-refractivity contribution in [2.75, 3.05) is 13.2 Å². The Morgan fingerprint density at radius 3 is 2.60 bits per heavy atom. The van der Waals surface area contributed by atoms with Gasteiger partial charge in [-0.15, -0.1) is 0 Å². The summed E-state index contributed by atoms with van der Waals surface area (Å²) in [7, 11) is 0. The third kappa shape index (κ3) is 4.89. The van der Waals surface area contributed by atoms with Gasteiger partial charge in [0.05, 0.1) is 19.5 Å². The fourth-order valence-electron chi connectivity index (χ4n) is 2.29. The van der Waals surface area contributed by atoms with Crippen molar-refractivity contribution in [3.63, 3.8) is 0 Å². The molecule has 0 spiro atoms. The molecule has 0 saturated heterocycles. The molecule has 0 aliphatic rings. The highest BCUT2D eigenvalue weighted by Crippen LogP contribution is 2.15. The fourth-order valence-corrected chi connectivity index (χ4v) is 2.29. The number of aromatic nitrogens is 2. The highest BCUT2D eigenvalue weighted by molar-refractivity contribution is 5.37. The van der Waals surface area contributed by atoms with Crippen molar-refractivity contribution in [1.29, 1.82) is 0 Å². The molecule has 1 atom stereocenters. The first-order valence-corrected chi connectivity index (χ1v) is 7.93. The first kappa shape index (κ1) is 17.1. The van der Waals surface area contributed by atoms with Crippen LogP contribution in [0.15, 0.2) is 67.3 Å². The maximum Gasteiger partial charge on any atom is 0.128 e. The van der Waals surface area contributed by atoms with Crippen molar-refractivity contribution in [2.24, 2.45) is 0 Å². The molecule has 1 N–H and O–H groups in total. The first-order chi connectivity index (χ1) is 12.2. The van der Waals surface area contributed by atoms with Gasteiger partial charge < -0.3 is 19.1 Å². The van der Waals surface area contributed by atoms with E-state index in [1.807, 2.05) is 35.0 Å². The summed E-state index contributed by atoms with van der Waals surface area (Å²) < 4.78 is 26.2. The SMILES string of the molecule is OC(COCc1ccccc1F)COc1ccc(-n2ccnc2)cc1. The van der Waals surface area contributed by atoms with Gasteiger partial charge in [-0.25, -0.2) is 9.37 Å². The van der Waals surface area contributed by atoms with Gasteiger partial charge >= 0.3 is 0 Å². The predicted molar refractivity (Wildman–Crippen MR) is 91.1 cm³/mol. The van der Waals surface area contributed by atoms with Crippen LogP contribution in [0.2, 0.25) is 0 Å². The van der Waals surface area contributed by atoms with Gasteiger partial charge in [-0.2, -0.15) is 0 Å². The third-order valence-electron chi connectivity index (χ3n) is 3.61. The first-order valence-electron chi connectivity index (χ1n) is 7.93. The van der Waals surface area contributed by atoms with Gasteiger partial charge in [-0.3, -0.25) is 0 Å². The van der Waals surface area contributed by atoms with Gasteiger partial charge in [0.25, 0.3) is 0 Å². The van der Waals surface area contributed by atoms with Crippen LogP contribution in [0.3, 0.4) is 0 Å². The lowest BCUT2D eigenvalue weighted by Crippen LogP contribution is -2.23. The second-order valence-corrected chi connectivity index (χ2v) is 5.54. The second-order valence-electron chi connectivity index (χ2n) is 5.54. The van der Waals surface area contributed by atoms with E-state index in [1.54, 1.807) is 30.7 Å². The van der Waals surface area contributed by atoms with E-state index < -0.39 is 6.10 Å². The minimum absolute atomic E-state index is 0.0709. The summed E-state index contributed by atoms with van der Waals surface area (Å²) in [6, 6.07) is 13.8. The lowest BCUT2D eigenvalue weighted by molar-refractivity contribution is 0.00476. The van der Waals surface area contributed by atoms with E-state index in [0.29, 0.717) is 11.3 Å². The van der Waals surface area contributed by atoms with Crippen molar-refractivity contribution in [3.8, 4) is 11.4 Å². The molecule has 1 heterocycles. The van der Waals surface area contributed by atoms with Gasteiger partial charge in [0.1, 0.15) is 24.3 Å². The number of hydrogen-bond donors (Lipinski definition) is 1. The summed E-state index contributed by atoms with van der Waals surface area (Å²) in [6.45, 7) is 0.284. The van der Waals surface area contributed by atoms with E-state index in [9.17, 15) is 9.50 Å². The largest absolute Gasteiger partial charge is 0.491 e. The number of rotatable bonds is 8. The molecular weight excluding hydrogens is 323 g/mol. The molecule has 3 aromatic rings. The molecule has 1 unspecified atom stereocenters. The maximum absolute atomic E-state index is 13.4. The molecule has 25 heavy (non-hydrogen) atoms. The average Bonchev–Trinajstić information content (AvgIpc) is 3.17. The third-order valence-corrected chi connectivity index (χ3v) is 3.61. The van der Waals surface area contributed by atoms with Crippen molar-refractivity contribution >= 4 is 0 Å². The zero-order valence-corrected chi connectivity index (χ0v) is 13.6. The number of imidazole rings is 1. The molecule has 0 aliphatic heterocycles. The molecule has 130 valence electrons. The maximum atomic E-state index is 13.4. The summed E-state index contributed by atoms with van der Waals surface area (Å²) in [6.07, 6.45) is 4.49. The molecule has 0 aliphatic carbocycles. The molecule has 3 rings (SSSR count). The van der Waals surface area contributed by atoms with Crippen LogP contribution in [0.4, 0.5) is 4.39 Å². The van der Waals surface area contributed by atoms with Gasteiger partial charge in [0, 0.05) is 23.6 Å². The van der Waals surface area contributed by atoms with E-state index in [4.69, 9.17) is 9.47 Å². The summed E-state index contributed by atoms with van der Waals surface area (Å²) in [5, 5.41) is 9.91. The van der Waals surface area contributed by atoms with Gasteiger partial charge in [-0.1, -0.05) is 18.2 Å². The number of aliphatic hydroxyl groups excluding tert-OH is 1. The smallest absolute Gasteiger partial charge is 0.128 e. The van der Waals surface area contributed by atoms with E-state index in [2.05, 4.69) is 4.98 Å². The Morgan fingerprint density at radius 1 is 1.08 bits per heavy atom. The summed E-state index contributed by atoms with van der Waals surface area (Å²) in [5.41, 5.74) is 1.43. The van der Waals surface area contributed by atoms with Crippen LogP contribution < -0.4 is 4.74 Å². The lowest BCUT2D eigenvalue weighted by atomic mass is 10.2. The topological polar surface area (TPSA) is 56.5 Å². The summed E-state index contributed by atoms with van der Waals surface area (Å²) in [4.78, 5) is 4.00. The molecule has 0 amide bonds. The van der Waals surface area contributed by atoms with Gasteiger partial charge in [0.15, 0.2) is 0 Å². The second kappa shape index (κ2) is 8.41. The van der Waals surface area contributed by atoms with Crippen LogP contribution >= 0.6 is 0 Å². The molecule has 0 bridgehead atoms. The molecule has 6 heteroatoms. The van der Waals surface area contributed by atoms with Crippen LogP contribution in [0, 0.1) is 5.82 Å². The molecule has 0 fully saturated rings. The van der Waals surface area contributed by atoms with Crippen molar-refractivity contribution in [1.82, 2.24) is 9.55 Å². The molecule has 0 radical (unpaired) electrons. The minimum atomic E-state index is -0.792. The van der Waals surface area contributed by atoms with Crippen molar-refractivity contribution in [3.05, 3.63) is 78.6 Å². The van der Waals surface area contributed by atoms with Crippen LogP contribution in [0.25, 0.3) is 5.69 Å². The van der Waals surface area contributed by atoms with Crippen LogP contribution in [-0.2, 0) is 11.3 Å². The van der Waals surface area contributed by atoms with E-state index in [-0.39, 0.29) is 25.6 Å². The van der Waals surface area contributed by atoms with E-state index in [0.717, 1.165) is 5.69 Å². The quantitative estimate of drug-likeness (QED) is 0.684. The van der Waals surface area contributed by atoms with E-state index in [1.165, 1.54) is 6.07 Å². The minimum Gasteiger partial charge on any atom is -0.491 e. The normalized spacial score (nSPS) is 12.1. The predicted octanol–water partition coefficient (Wildman–Crippen LogP) is 2.97. The number of aliphatic hydroxyl groups is 1. The Kier molecular flexibility index (Phi) is 5.77. The highest BCUT2D eigenvalue weighted by atomic mass is 19.1. The van der Waals surface area contributed by atoms with Crippen molar-refractivity contribution in [2.45, 2.75) is 12.7 Å². The van der Waals surface area contributed by atoms with Crippen molar-refractivity contribution < 1.29 is 19.0 Å². The fraction of sp³-hybridized carbons (Fsp3) is 0.211. The number of benzene rings is 2. The standard InChI is InChI=1S/C19H19FN2O3/c20-19-4-2-1-3-15(19)11-24-12-17(23)13-25-18-7-5-16(6-8-18)22-10-9-21-14-22/h1-10,14,17,23H,11-13H2. The number of halogens is 1. The average molecular weight is 342 g/mol. The Labute approximate surface area is 145 Å². The Morgan fingerprint density at radius 2 is 1.88 bits per heavy atom. The number of hydrogen-bond acceptors (Lipinski definition) is 4. The molecule has 0 saturated carbocycles. The molecule has 2 aromatic carbocycles. The van der Waals surface area contributed by atoms with Gasteiger partial charge in [0.2, 0.25) is 0 Å².